The van der Waals surface area contributed by atoms with Gasteiger partial charge >= 0.3 is 0 Å². The molecule has 0 spiro atoms. The van der Waals surface area contributed by atoms with Crippen molar-refractivity contribution in [1.82, 2.24) is 4.90 Å². The van der Waals surface area contributed by atoms with Crippen LogP contribution in [0.1, 0.15) is 20.8 Å². The van der Waals surface area contributed by atoms with E-state index in [1.54, 1.807) is 12.1 Å². The summed E-state index contributed by atoms with van der Waals surface area (Å²) in [4.78, 5) is 16.5. The van der Waals surface area contributed by atoms with Crippen molar-refractivity contribution in [3.8, 4) is 5.75 Å². The van der Waals surface area contributed by atoms with Crippen LogP contribution < -0.4 is 10.6 Å². The van der Waals surface area contributed by atoms with Crippen LogP contribution in [0.5, 0.6) is 5.75 Å². The summed E-state index contributed by atoms with van der Waals surface area (Å²) in [5.74, 6) is 0.302. The van der Waals surface area contributed by atoms with Crippen LogP contribution in [0.3, 0.4) is 0 Å². The number of benzene rings is 1. The number of hydrogen-bond donors (Lipinski definition) is 2. The number of phenolic OH excluding ortho intramolecular Hbond substituents is 1. The van der Waals surface area contributed by atoms with Gasteiger partial charge < -0.3 is 20.6 Å². The van der Waals surface area contributed by atoms with Gasteiger partial charge in [0.1, 0.15) is 5.75 Å². The van der Waals surface area contributed by atoms with Crippen LogP contribution in [0.4, 0.5) is 5.69 Å². The third-order valence-electron chi connectivity index (χ3n) is 4.01. The zero-order valence-corrected chi connectivity index (χ0v) is 13.0. The second-order valence-electron chi connectivity index (χ2n) is 6.67. The molecular formula is C16H25N3O2. The minimum Gasteiger partial charge on any atom is -0.508 e. The van der Waals surface area contributed by atoms with E-state index in [2.05, 4.69) is 4.90 Å². The maximum absolute atomic E-state index is 12.4. The number of anilines is 1. The molecule has 1 saturated heterocycles. The third kappa shape index (κ3) is 3.67. The van der Waals surface area contributed by atoms with Crippen molar-refractivity contribution in [2.75, 3.05) is 31.1 Å². The summed E-state index contributed by atoms with van der Waals surface area (Å²) in [7, 11) is 0. The van der Waals surface area contributed by atoms with Gasteiger partial charge in [0, 0.05) is 31.9 Å². The van der Waals surface area contributed by atoms with Gasteiger partial charge in [0.05, 0.1) is 6.04 Å². The molecule has 21 heavy (non-hydrogen) atoms. The summed E-state index contributed by atoms with van der Waals surface area (Å²) in [5, 5.41) is 9.32. The van der Waals surface area contributed by atoms with Crippen LogP contribution >= 0.6 is 0 Å². The van der Waals surface area contributed by atoms with Gasteiger partial charge in [-0.2, -0.15) is 0 Å². The molecule has 0 bridgehead atoms. The van der Waals surface area contributed by atoms with Crippen molar-refractivity contribution >= 4 is 11.6 Å². The predicted octanol–water partition coefficient (Wildman–Crippen LogP) is 1.41. The first kappa shape index (κ1) is 15.6. The number of rotatable bonds is 2. The summed E-state index contributed by atoms with van der Waals surface area (Å²) in [6.07, 6.45) is 0. The number of carbonyl (C=O) groups excluding carboxylic acids is 1. The quantitative estimate of drug-likeness (QED) is 0.864. The molecule has 5 heteroatoms. The number of phenols is 1. The zero-order chi connectivity index (χ0) is 15.6. The molecule has 0 radical (unpaired) electrons. The highest BCUT2D eigenvalue weighted by Gasteiger charge is 2.32. The topological polar surface area (TPSA) is 69.8 Å². The molecule has 1 aliphatic rings. The van der Waals surface area contributed by atoms with Crippen LogP contribution in [-0.4, -0.2) is 48.1 Å². The molecule has 2 rings (SSSR count). The molecular weight excluding hydrogens is 266 g/mol. The van der Waals surface area contributed by atoms with Crippen molar-refractivity contribution in [3.05, 3.63) is 24.3 Å². The Morgan fingerprint density at radius 3 is 2.14 bits per heavy atom. The lowest BCUT2D eigenvalue weighted by atomic mass is 9.86. The minimum atomic E-state index is -0.460. The highest BCUT2D eigenvalue weighted by Crippen LogP contribution is 2.22. The van der Waals surface area contributed by atoms with Gasteiger partial charge in [-0.3, -0.25) is 4.79 Å². The molecule has 0 aliphatic carbocycles. The first-order valence-electron chi connectivity index (χ1n) is 7.37. The summed E-state index contributed by atoms with van der Waals surface area (Å²) in [6, 6.07) is 6.70. The Morgan fingerprint density at radius 2 is 1.67 bits per heavy atom. The van der Waals surface area contributed by atoms with Crippen LogP contribution in [-0.2, 0) is 4.79 Å². The number of amides is 1. The number of nitrogens with zero attached hydrogens (tertiary/aromatic N) is 2. The molecule has 1 atom stereocenters. The van der Waals surface area contributed by atoms with Crippen LogP contribution in [0, 0.1) is 5.41 Å². The fourth-order valence-corrected chi connectivity index (χ4v) is 2.42. The molecule has 1 aromatic rings. The van der Waals surface area contributed by atoms with Crippen LogP contribution in [0.2, 0.25) is 0 Å². The fraction of sp³-hybridized carbons (Fsp3) is 0.562. The monoisotopic (exact) mass is 291 g/mol. The first-order valence-corrected chi connectivity index (χ1v) is 7.37. The van der Waals surface area contributed by atoms with E-state index in [9.17, 15) is 9.90 Å². The number of aromatic hydroxyl groups is 1. The third-order valence-corrected chi connectivity index (χ3v) is 4.01. The molecule has 0 saturated carbocycles. The molecule has 1 fully saturated rings. The Kier molecular flexibility index (Phi) is 4.42. The van der Waals surface area contributed by atoms with Gasteiger partial charge in [-0.15, -0.1) is 0 Å². The number of carbonyl (C=O) groups is 1. The van der Waals surface area contributed by atoms with Crippen molar-refractivity contribution in [1.29, 1.82) is 0 Å². The van der Waals surface area contributed by atoms with Gasteiger partial charge in [0.25, 0.3) is 0 Å². The number of piperazine rings is 1. The molecule has 1 aliphatic heterocycles. The van der Waals surface area contributed by atoms with E-state index in [1.807, 2.05) is 37.8 Å². The summed E-state index contributed by atoms with van der Waals surface area (Å²) in [6.45, 7) is 8.90. The van der Waals surface area contributed by atoms with E-state index in [0.717, 1.165) is 18.8 Å². The molecule has 1 heterocycles. The average Bonchev–Trinajstić information content (AvgIpc) is 2.46. The maximum atomic E-state index is 12.4. The Morgan fingerprint density at radius 1 is 1.14 bits per heavy atom. The summed E-state index contributed by atoms with van der Waals surface area (Å²) in [5.41, 5.74) is 6.91. The van der Waals surface area contributed by atoms with E-state index >= 15 is 0 Å². The maximum Gasteiger partial charge on any atom is 0.240 e. The normalized spacial score (nSPS) is 17.7. The Balaban J connectivity index is 1.94. The number of nitrogens with two attached hydrogens (primary N) is 1. The lowest BCUT2D eigenvalue weighted by Gasteiger charge is -2.39. The lowest BCUT2D eigenvalue weighted by molar-refractivity contribution is -0.135. The molecule has 1 amide bonds. The van der Waals surface area contributed by atoms with E-state index < -0.39 is 6.04 Å². The SMILES string of the molecule is CC(C)(C)[C@@H](N)C(=O)N1CCN(c2ccc(O)cc2)CC1. The minimum absolute atomic E-state index is 0.0351. The van der Waals surface area contributed by atoms with Crippen molar-refractivity contribution < 1.29 is 9.90 Å². The zero-order valence-electron chi connectivity index (χ0n) is 13.0. The molecule has 0 unspecified atom stereocenters. The van der Waals surface area contributed by atoms with Gasteiger partial charge in [-0.25, -0.2) is 0 Å². The summed E-state index contributed by atoms with van der Waals surface area (Å²) < 4.78 is 0. The second-order valence-corrected chi connectivity index (χ2v) is 6.67. The molecule has 116 valence electrons. The Labute approximate surface area is 126 Å². The average molecular weight is 291 g/mol. The van der Waals surface area contributed by atoms with Gasteiger partial charge in [-0.1, -0.05) is 20.8 Å². The van der Waals surface area contributed by atoms with Crippen molar-refractivity contribution in [2.45, 2.75) is 26.8 Å². The highest BCUT2D eigenvalue weighted by molar-refractivity contribution is 5.82. The van der Waals surface area contributed by atoms with Crippen LogP contribution in [0.25, 0.3) is 0 Å². The standard InChI is InChI=1S/C16H25N3O2/c1-16(2,3)14(17)15(21)19-10-8-18(9-11-19)12-4-6-13(20)7-5-12/h4-7,14,20H,8-11,17H2,1-3H3/t14-/m0/s1. The molecule has 1 aromatic carbocycles. The van der Waals surface area contributed by atoms with Gasteiger partial charge in [0.2, 0.25) is 5.91 Å². The van der Waals surface area contributed by atoms with Crippen molar-refractivity contribution in [3.63, 3.8) is 0 Å². The Bertz CT molecular complexity index is 485. The van der Waals surface area contributed by atoms with E-state index in [1.165, 1.54) is 0 Å². The van der Waals surface area contributed by atoms with Crippen molar-refractivity contribution in [2.24, 2.45) is 11.1 Å². The number of hydrogen-bond acceptors (Lipinski definition) is 4. The molecule has 3 N–H and O–H groups in total. The smallest absolute Gasteiger partial charge is 0.240 e. The Hall–Kier alpha value is -1.75. The van der Waals surface area contributed by atoms with Crippen LogP contribution in [0.15, 0.2) is 24.3 Å². The predicted molar refractivity (Wildman–Crippen MR) is 84.3 cm³/mol. The van der Waals surface area contributed by atoms with E-state index in [-0.39, 0.29) is 17.1 Å². The molecule has 0 aromatic heterocycles. The first-order chi connectivity index (χ1) is 9.79. The highest BCUT2D eigenvalue weighted by atomic mass is 16.3. The van der Waals surface area contributed by atoms with Gasteiger partial charge in [0.15, 0.2) is 0 Å². The second kappa shape index (κ2) is 5.93. The lowest BCUT2D eigenvalue weighted by Crippen LogP contribution is -2.56. The summed E-state index contributed by atoms with van der Waals surface area (Å²) >= 11 is 0. The fourth-order valence-electron chi connectivity index (χ4n) is 2.42. The van der Waals surface area contributed by atoms with E-state index in [4.69, 9.17) is 5.73 Å². The van der Waals surface area contributed by atoms with Gasteiger partial charge in [-0.05, 0) is 29.7 Å². The molecule has 5 nitrogen and oxygen atoms in total. The largest absolute Gasteiger partial charge is 0.508 e. The van der Waals surface area contributed by atoms with E-state index in [0.29, 0.717) is 13.1 Å².